The first-order valence-electron chi connectivity index (χ1n) is 4.97. The molecule has 0 radical (unpaired) electrons. The highest BCUT2D eigenvalue weighted by Gasteiger charge is 2.24. The molecule has 1 rings (SSSR count). The maximum atomic E-state index is 13.0. The van der Waals surface area contributed by atoms with E-state index in [0.717, 1.165) is 18.2 Å². The van der Waals surface area contributed by atoms with Gasteiger partial charge in [-0.05, 0) is 6.07 Å². The van der Waals surface area contributed by atoms with Gasteiger partial charge in [-0.2, -0.15) is 0 Å². The average molecular weight is 240 g/mol. The molecule has 0 unspecified atom stereocenters. The smallest absolute Gasteiger partial charge is 0.292 e. The summed E-state index contributed by atoms with van der Waals surface area (Å²) in [7, 11) is 0. The summed E-state index contributed by atoms with van der Waals surface area (Å²) in [5.41, 5.74) is -1.17. The fourth-order valence-electron chi connectivity index (χ4n) is 1.08. The molecule has 0 saturated carbocycles. The van der Waals surface area contributed by atoms with Gasteiger partial charge in [-0.3, -0.25) is 14.9 Å². The van der Waals surface area contributed by atoms with Crippen molar-refractivity contribution in [1.29, 1.82) is 0 Å². The van der Waals surface area contributed by atoms with Gasteiger partial charge < -0.3 is 5.32 Å². The first kappa shape index (κ1) is 13.1. The summed E-state index contributed by atoms with van der Waals surface area (Å²) in [6.45, 7) is 4.98. The van der Waals surface area contributed by atoms with Crippen LogP contribution < -0.4 is 5.32 Å². The third-order valence-electron chi connectivity index (χ3n) is 2.08. The number of nitrogens with one attached hydrogen (secondary N) is 1. The zero-order chi connectivity index (χ0) is 13.2. The second-order valence-corrected chi connectivity index (χ2v) is 4.62. The van der Waals surface area contributed by atoms with Crippen molar-refractivity contribution in [2.75, 3.05) is 5.32 Å². The minimum absolute atomic E-state index is 0.130. The molecular formula is C11H13FN2O3. The molecule has 0 atom stereocenters. The lowest BCUT2D eigenvalue weighted by Crippen LogP contribution is -2.28. The summed E-state index contributed by atoms with van der Waals surface area (Å²) in [5.74, 6) is -1.05. The lowest BCUT2D eigenvalue weighted by Gasteiger charge is -2.17. The predicted molar refractivity (Wildman–Crippen MR) is 61.1 cm³/mol. The number of nitro groups is 1. The molecule has 0 saturated heterocycles. The first-order chi connectivity index (χ1) is 7.71. The van der Waals surface area contributed by atoms with Crippen LogP contribution in [0, 0.1) is 21.3 Å². The fraction of sp³-hybridized carbons (Fsp3) is 0.364. The molecule has 1 aromatic rings. The van der Waals surface area contributed by atoms with Gasteiger partial charge in [-0.15, -0.1) is 0 Å². The normalized spacial score (nSPS) is 11.1. The zero-order valence-corrected chi connectivity index (χ0v) is 9.78. The Morgan fingerprint density at radius 2 is 2.00 bits per heavy atom. The molecule has 0 aliphatic rings. The summed E-state index contributed by atoms with van der Waals surface area (Å²) in [6, 6.07) is 2.93. The lowest BCUT2D eigenvalue weighted by molar-refractivity contribution is -0.384. The molecule has 0 spiro atoms. The van der Waals surface area contributed by atoms with Gasteiger partial charge in [0.05, 0.1) is 4.92 Å². The van der Waals surface area contributed by atoms with Crippen molar-refractivity contribution in [2.24, 2.45) is 5.41 Å². The highest BCUT2D eigenvalue weighted by Crippen LogP contribution is 2.27. The van der Waals surface area contributed by atoms with Crippen LogP contribution in [-0.4, -0.2) is 10.8 Å². The molecule has 0 heterocycles. The van der Waals surface area contributed by atoms with Crippen LogP contribution in [0.15, 0.2) is 18.2 Å². The number of nitro benzene ring substituents is 1. The lowest BCUT2D eigenvalue weighted by atomic mass is 9.95. The predicted octanol–water partition coefficient (Wildman–Crippen LogP) is 2.72. The molecule has 6 heteroatoms. The van der Waals surface area contributed by atoms with E-state index in [-0.39, 0.29) is 11.4 Å². The van der Waals surface area contributed by atoms with Gasteiger partial charge in [0.15, 0.2) is 0 Å². The van der Waals surface area contributed by atoms with Crippen molar-refractivity contribution in [1.82, 2.24) is 0 Å². The standard InChI is InChI=1S/C11H13FN2O3/c1-11(2,3)10(15)13-8-6-7(12)4-5-9(8)14(16)17/h4-6H,1-3H3,(H,13,15). The Morgan fingerprint density at radius 3 is 2.47 bits per heavy atom. The van der Waals surface area contributed by atoms with Crippen LogP contribution in [0.3, 0.4) is 0 Å². The number of nitrogens with zero attached hydrogens (tertiary/aromatic N) is 1. The number of amides is 1. The van der Waals surface area contributed by atoms with Gasteiger partial charge in [0, 0.05) is 17.5 Å². The number of rotatable bonds is 2. The van der Waals surface area contributed by atoms with Crippen molar-refractivity contribution in [3.63, 3.8) is 0 Å². The van der Waals surface area contributed by atoms with E-state index in [1.807, 2.05) is 0 Å². The van der Waals surface area contributed by atoms with Crippen LogP contribution in [-0.2, 0) is 4.79 Å². The van der Waals surface area contributed by atoms with Gasteiger partial charge in [0.2, 0.25) is 5.91 Å². The largest absolute Gasteiger partial charge is 0.320 e. The summed E-state index contributed by atoms with van der Waals surface area (Å²) < 4.78 is 13.0. The molecule has 0 bridgehead atoms. The third-order valence-corrected chi connectivity index (χ3v) is 2.08. The number of carbonyl (C=O) groups is 1. The highest BCUT2D eigenvalue weighted by atomic mass is 19.1. The molecule has 0 aliphatic heterocycles. The van der Waals surface area contributed by atoms with E-state index in [1.165, 1.54) is 0 Å². The van der Waals surface area contributed by atoms with E-state index >= 15 is 0 Å². The fourth-order valence-corrected chi connectivity index (χ4v) is 1.08. The van der Waals surface area contributed by atoms with Gasteiger partial charge in [0.1, 0.15) is 11.5 Å². The van der Waals surface area contributed by atoms with Crippen LogP contribution in [0.2, 0.25) is 0 Å². The Hall–Kier alpha value is -1.98. The number of hydrogen-bond donors (Lipinski definition) is 1. The SMILES string of the molecule is CC(C)(C)C(=O)Nc1cc(F)ccc1[N+](=O)[O-]. The quantitative estimate of drug-likeness (QED) is 0.638. The van der Waals surface area contributed by atoms with E-state index < -0.39 is 22.1 Å². The molecule has 0 aromatic heterocycles. The first-order valence-corrected chi connectivity index (χ1v) is 4.97. The van der Waals surface area contributed by atoms with E-state index in [9.17, 15) is 19.3 Å². The van der Waals surface area contributed by atoms with Crippen LogP contribution in [0.1, 0.15) is 20.8 Å². The Bertz CT molecular complexity index is 466. The van der Waals surface area contributed by atoms with E-state index in [2.05, 4.69) is 5.32 Å². The van der Waals surface area contributed by atoms with Gasteiger partial charge in [0.25, 0.3) is 5.69 Å². The number of benzene rings is 1. The number of carbonyl (C=O) groups excluding carboxylic acids is 1. The summed E-state index contributed by atoms with van der Waals surface area (Å²) in [4.78, 5) is 21.7. The number of hydrogen-bond acceptors (Lipinski definition) is 3. The Morgan fingerprint density at radius 1 is 1.41 bits per heavy atom. The van der Waals surface area contributed by atoms with Crippen molar-refractivity contribution in [3.8, 4) is 0 Å². The molecule has 0 fully saturated rings. The third kappa shape index (κ3) is 3.24. The molecule has 17 heavy (non-hydrogen) atoms. The Balaban J connectivity index is 3.09. The highest BCUT2D eigenvalue weighted by molar-refractivity contribution is 5.96. The van der Waals surface area contributed by atoms with Gasteiger partial charge >= 0.3 is 0 Å². The minimum Gasteiger partial charge on any atom is -0.320 e. The monoisotopic (exact) mass is 240 g/mol. The van der Waals surface area contributed by atoms with Crippen LogP contribution >= 0.6 is 0 Å². The minimum atomic E-state index is -0.708. The molecule has 0 aliphatic carbocycles. The number of anilines is 1. The maximum absolute atomic E-state index is 13.0. The summed E-state index contributed by atoms with van der Waals surface area (Å²) in [5, 5.41) is 13.0. The van der Waals surface area contributed by atoms with E-state index in [1.54, 1.807) is 20.8 Å². The maximum Gasteiger partial charge on any atom is 0.292 e. The van der Waals surface area contributed by atoms with Gasteiger partial charge in [-0.1, -0.05) is 20.8 Å². The summed E-state index contributed by atoms with van der Waals surface area (Å²) in [6.07, 6.45) is 0. The zero-order valence-electron chi connectivity index (χ0n) is 9.78. The van der Waals surface area contributed by atoms with Crippen LogP contribution in [0.25, 0.3) is 0 Å². The van der Waals surface area contributed by atoms with Gasteiger partial charge in [-0.25, -0.2) is 4.39 Å². The van der Waals surface area contributed by atoms with Crippen molar-refractivity contribution in [3.05, 3.63) is 34.1 Å². The average Bonchev–Trinajstić information content (AvgIpc) is 2.15. The topological polar surface area (TPSA) is 72.2 Å². The Kier molecular flexibility index (Phi) is 3.45. The van der Waals surface area contributed by atoms with Crippen molar-refractivity contribution in [2.45, 2.75) is 20.8 Å². The molecule has 1 N–H and O–H groups in total. The van der Waals surface area contributed by atoms with Crippen molar-refractivity contribution >= 4 is 17.3 Å². The molecule has 1 aromatic carbocycles. The molecule has 1 amide bonds. The van der Waals surface area contributed by atoms with E-state index in [0.29, 0.717) is 0 Å². The number of halogens is 1. The molecule has 5 nitrogen and oxygen atoms in total. The van der Waals surface area contributed by atoms with Crippen LogP contribution in [0.5, 0.6) is 0 Å². The molecule has 92 valence electrons. The second kappa shape index (κ2) is 4.48. The summed E-state index contributed by atoms with van der Waals surface area (Å²) >= 11 is 0. The Labute approximate surface area is 97.8 Å². The van der Waals surface area contributed by atoms with E-state index in [4.69, 9.17) is 0 Å². The van der Waals surface area contributed by atoms with Crippen molar-refractivity contribution < 1.29 is 14.1 Å². The molecular weight excluding hydrogens is 227 g/mol. The second-order valence-electron chi connectivity index (χ2n) is 4.62. The van der Waals surface area contributed by atoms with Crippen LogP contribution in [0.4, 0.5) is 15.8 Å².